The molecule has 1 fully saturated rings. The number of amides is 1. The Morgan fingerprint density at radius 2 is 2.23 bits per heavy atom. The molecule has 22 heavy (non-hydrogen) atoms. The second-order valence-electron chi connectivity index (χ2n) is 5.66. The van der Waals surface area contributed by atoms with Crippen LogP contribution in [0.2, 0.25) is 0 Å². The molecule has 112 valence electrons. The van der Waals surface area contributed by atoms with Gasteiger partial charge in [-0.3, -0.25) is 4.79 Å². The molecule has 1 saturated carbocycles. The van der Waals surface area contributed by atoms with Gasteiger partial charge in [0.1, 0.15) is 5.82 Å². The smallest absolute Gasteiger partial charge is 0.261 e. The van der Waals surface area contributed by atoms with Crippen LogP contribution in [0.3, 0.4) is 0 Å². The predicted molar refractivity (Wildman–Crippen MR) is 88.4 cm³/mol. The zero-order valence-corrected chi connectivity index (χ0v) is 13.0. The number of aromatic nitrogens is 2. The fourth-order valence-electron chi connectivity index (χ4n) is 2.68. The lowest BCUT2D eigenvalue weighted by Gasteiger charge is -2.07. The van der Waals surface area contributed by atoms with Gasteiger partial charge in [-0.2, -0.15) is 0 Å². The molecule has 1 aliphatic carbocycles. The van der Waals surface area contributed by atoms with E-state index in [4.69, 9.17) is 0 Å². The number of imidazole rings is 1. The lowest BCUT2D eigenvalue weighted by Crippen LogP contribution is -2.26. The topological polar surface area (TPSA) is 46.9 Å². The second-order valence-corrected chi connectivity index (χ2v) is 6.74. The Balaban J connectivity index is 1.38. The van der Waals surface area contributed by atoms with E-state index in [1.165, 1.54) is 12.8 Å². The van der Waals surface area contributed by atoms with E-state index in [1.54, 1.807) is 11.3 Å². The molecule has 2 heterocycles. The molecular weight excluding hydrogens is 294 g/mol. The van der Waals surface area contributed by atoms with Crippen LogP contribution in [-0.2, 0) is 6.54 Å². The van der Waals surface area contributed by atoms with Crippen molar-refractivity contribution in [3.63, 3.8) is 0 Å². The van der Waals surface area contributed by atoms with Crippen LogP contribution in [-0.4, -0.2) is 22.0 Å². The number of carbonyl (C=O) groups excluding carboxylic acids is 1. The molecule has 1 aromatic carbocycles. The summed E-state index contributed by atoms with van der Waals surface area (Å²) in [5.41, 5.74) is 0. The van der Waals surface area contributed by atoms with Crippen molar-refractivity contribution in [3.05, 3.63) is 53.4 Å². The summed E-state index contributed by atoms with van der Waals surface area (Å²) in [7, 11) is 0. The Morgan fingerprint density at radius 1 is 1.36 bits per heavy atom. The number of thiophene rings is 1. The summed E-state index contributed by atoms with van der Waals surface area (Å²) in [5.74, 6) is 1.80. The molecule has 0 aliphatic heterocycles. The number of rotatable bonds is 5. The van der Waals surface area contributed by atoms with E-state index in [9.17, 15) is 4.79 Å². The maximum Gasteiger partial charge on any atom is 0.261 e. The van der Waals surface area contributed by atoms with Gasteiger partial charge >= 0.3 is 0 Å². The van der Waals surface area contributed by atoms with E-state index in [0.29, 0.717) is 12.5 Å². The van der Waals surface area contributed by atoms with Crippen LogP contribution in [0.5, 0.6) is 0 Å². The Labute approximate surface area is 132 Å². The summed E-state index contributed by atoms with van der Waals surface area (Å²) in [6.45, 7) is 1.41. The predicted octanol–water partition coefficient (Wildman–Crippen LogP) is 3.41. The average molecular weight is 311 g/mol. The van der Waals surface area contributed by atoms with Crippen LogP contribution >= 0.6 is 11.3 Å². The maximum atomic E-state index is 12.2. The number of carbonyl (C=O) groups is 1. The van der Waals surface area contributed by atoms with Crippen molar-refractivity contribution < 1.29 is 4.79 Å². The summed E-state index contributed by atoms with van der Waals surface area (Å²) in [5, 5.41) is 4.14. The van der Waals surface area contributed by atoms with Gasteiger partial charge in [0.15, 0.2) is 0 Å². The number of nitrogens with one attached hydrogen (secondary N) is 1. The molecule has 0 unspecified atom stereocenters. The number of hydrogen-bond donors (Lipinski definition) is 1. The minimum absolute atomic E-state index is 0.00860. The van der Waals surface area contributed by atoms with Crippen molar-refractivity contribution >= 4 is 27.3 Å². The van der Waals surface area contributed by atoms with Crippen molar-refractivity contribution in [1.29, 1.82) is 0 Å². The number of hydrogen-bond acceptors (Lipinski definition) is 3. The monoisotopic (exact) mass is 311 g/mol. The fourth-order valence-corrected chi connectivity index (χ4v) is 3.66. The number of benzene rings is 1. The van der Waals surface area contributed by atoms with Gasteiger partial charge in [-0.05, 0) is 30.4 Å². The third kappa shape index (κ3) is 2.64. The van der Waals surface area contributed by atoms with Gasteiger partial charge in [-0.15, -0.1) is 11.3 Å². The van der Waals surface area contributed by atoms with E-state index in [2.05, 4.69) is 14.9 Å². The van der Waals surface area contributed by atoms with Crippen molar-refractivity contribution in [2.45, 2.75) is 25.3 Å². The third-order valence-electron chi connectivity index (χ3n) is 3.98. The molecule has 0 bridgehead atoms. The lowest BCUT2D eigenvalue weighted by molar-refractivity contribution is 0.0956. The van der Waals surface area contributed by atoms with Crippen LogP contribution in [0.1, 0.15) is 34.3 Å². The van der Waals surface area contributed by atoms with E-state index in [1.807, 2.05) is 42.7 Å². The zero-order valence-electron chi connectivity index (χ0n) is 12.2. The first-order valence-electron chi connectivity index (χ1n) is 7.59. The molecular formula is C17H17N3OS. The fraction of sp³-hybridized carbons (Fsp3) is 0.294. The molecule has 0 spiro atoms. The average Bonchev–Trinajstić information content (AvgIpc) is 3.11. The molecule has 4 nitrogen and oxygen atoms in total. The number of nitrogens with zero attached hydrogens (tertiary/aromatic N) is 2. The standard InChI is InChI=1S/C17H17N3OS/c21-17(15-11-13-3-1-2-4-14(13)22-15)19-8-10-20-9-7-18-16(20)12-5-6-12/h1-4,7,9,11-12H,5-6,8,10H2,(H,19,21). The van der Waals surface area contributed by atoms with E-state index >= 15 is 0 Å². The summed E-state index contributed by atoms with van der Waals surface area (Å²) in [6, 6.07) is 10.0. The van der Waals surface area contributed by atoms with Gasteiger partial charge in [0.25, 0.3) is 5.91 Å². The molecule has 1 amide bonds. The highest BCUT2D eigenvalue weighted by atomic mass is 32.1. The largest absolute Gasteiger partial charge is 0.350 e. The molecule has 1 aliphatic rings. The highest BCUT2D eigenvalue weighted by Gasteiger charge is 2.27. The van der Waals surface area contributed by atoms with Gasteiger partial charge in [-0.1, -0.05) is 18.2 Å². The maximum absolute atomic E-state index is 12.2. The van der Waals surface area contributed by atoms with Crippen LogP contribution in [0, 0.1) is 0 Å². The van der Waals surface area contributed by atoms with Crippen molar-refractivity contribution in [1.82, 2.24) is 14.9 Å². The van der Waals surface area contributed by atoms with Crippen LogP contribution < -0.4 is 5.32 Å². The highest BCUT2D eigenvalue weighted by molar-refractivity contribution is 7.20. The van der Waals surface area contributed by atoms with Crippen LogP contribution in [0.25, 0.3) is 10.1 Å². The molecule has 2 aromatic heterocycles. The minimum atomic E-state index is 0.00860. The Bertz CT molecular complexity index is 783. The van der Waals surface area contributed by atoms with Crippen molar-refractivity contribution in [2.24, 2.45) is 0 Å². The molecule has 5 heteroatoms. The molecule has 1 N–H and O–H groups in total. The molecule has 0 saturated heterocycles. The summed E-state index contributed by atoms with van der Waals surface area (Å²) in [4.78, 5) is 17.4. The van der Waals surface area contributed by atoms with E-state index in [0.717, 1.165) is 27.3 Å². The Kier molecular flexibility index (Phi) is 3.42. The van der Waals surface area contributed by atoms with Crippen LogP contribution in [0.4, 0.5) is 0 Å². The van der Waals surface area contributed by atoms with Gasteiger partial charge in [-0.25, -0.2) is 4.98 Å². The Morgan fingerprint density at radius 3 is 3.05 bits per heavy atom. The van der Waals surface area contributed by atoms with Crippen LogP contribution in [0.15, 0.2) is 42.7 Å². The first-order chi connectivity index (χ1) is 10.8. The zero-order chi connectivity index (χ0) is 14.9. The van der Waals surface area contributed by atoms with Gasteiger partial charge in [0, 0.05) is 36.1 Å². The molecule has 0 radical (unpaired) electrons. The quantitative estimate of drug-likeness (QED) is 0.785. The number of fused-ring (bicyclic) bond motifs is 1. The van der Waals surface area contributed by atoms with Gasteiger partial charge in [0.05, 0.1) is 4.88 Å². The highest BCUT2D eigenvalue weighted by Crippen LogP contribution is 2.38. The lowest BCUT2D eigenvalue weighted by atomic mass is 10.2. The second kappa shape index (κ2) is 5.57. The first kappa shape index (κ1) is 13.5. The van der Waals surface area contributed by atoms with Gasteiger partial charge in [0.2, 0.25) is 0 Å². The molecule has 4 rings (SSSR count). The van der Waals surface area contributed by atoms with Gasteiger partial charge < -0.3 is 9.88 Å². The van der Waals surface area contributed by atoms with Crippen molar-refractivity contribution in [2.75, 3.05) is 6.54 Å². The third-order valence-corrected chi connectivity index (χ3v) is 5.09. The summed E-state index contributed by atoms with van der Waals surface area (Å²) >= 11 is 1.54. The van der Waals surface area contributed by atoms with E-state index < -0.39 is 0 Å². The first-order valence-corrected chi connectivity index (χ1v) is 8.41. The molecule has 0 atom stereocenters. The van der Waals surface area contributed by atoms with E-state index in [-0.39, 0.29) is 5.91 Å². The summed E-state index contributed by atoms with van der Waals surface area (Å²) < 4.78 is 3.31. The normalized spacial score (nSPS) is 14.4. The summed E-state index contributed by atoms with van der Waals surface area (Å²) in [6.07, 6.45) is 6.33. The van der Waals surface area contributed by atoms with Crippen molar-refractivity contribution in [3.8, 4) is 0 Å². The Hall–Kier alpha value is -2.14. The molecule has 3 aromatic rings. The SMILES string of the molecule is O=C(NCCn1ccnc1C1CC1)c1cc2ccccc2s1. The minimum Gasteiger partial charge on any atom is -0.350 e.